The first-order valence-electron chi connectivity index (χ1n) is 6.25. The van der Waals surface area contributed by atoms with E-state index in [1.807, 2.05) is 12.1 Å². The van der Waals surface area contributed by atoms with Gasteiger partial charge < -0.3 is 15.2 Å². The fraction of sp³-hybridized carbons (Fsp3) is 0.200. The minimum absolute atomic E-state index is 0.488. The molecule has 0 saturated carbocycles. The van der Waals surface area contributed by atoms with Crippen LogP contribution < -0.4 is 15.2 Å². The summed E-state index contributed by atoms with van der Waals surface area (Å²) in [7, 11) is 1.62. The van der Waals surface area contributed by atoms with Gasteiger partial charge in [-0.3, -0.25) is 0 Å². The molecule has 0 spiro atoms. The number of benzene rings is 2. The number of hydrogen-bond acceptors (Lipinski definition) is 4. The molecule has 2 aromatic rings. The van der Waals surface area contributed by atoms with Gasteiger partial charge in [0.1, 0.15) is 5.75 Å². The van der Waals surface area contributed by atoms with Gasteiger partial charge in [0, 0.05) is 22.4 Å². The topological polar surface area (TPSA) is 44.5 Å². The molecule has 0 bridgehead atoms. The molecule has 0 radical (unpaired) electrons. The Balaban J connectivity index is 1.91. The van der Waals surface area contributed by atoms with E-state index in [2.05, 4.69) is 0 Å². The molecular weight excluding hydrogens is 329 g/mol. The van der Waals surface area contributed by atoms with Crippen LogP contribution in [0.4, 0.5) is 5.69 Å². The summed E-state index contributed by atoms with van der Waals surface area (Å²) in [4.78, 5) is 1.01. The number of para-hydroxylation sites is 1. The highest BCUT2D eigenvalue weighted by Crippen LogP contribution is 2.34. The number of thioether (sulfide) groups is 1. The number of hydrogen-bond donors (Lipinski definition) is 1. The molecule has 2 aromatic carbocycles. The summed E-state index contributed by atoms with van der Waals surface area (Å²) in [5.74, 6) is 2.02. The van der Waals surface area contributed by atoms with Crippen molar-refractivity contribution in [1.82, 2.24) is 0 Å². The third kappa shape index (κ3) is 4.37. The number of nitrogen functional groups attached to an aromatic ring is 1. The molecule has 0 aliphatic carbocycles. The van der Waals surface area contributed by atoms with E-state index in [-0.39, 0.29) is 0 Å². The summed E-state index contributed by atoms with van der Waals surface area (Å²) >= 11 is 13.7. The van der Waals surface area contributed by atoms with Gasteiger partial charge in [0.2, 0.25) is 0 Å². The summed E-state index contributed by atoms with van der Waals surface area (Å²) in [6.07, 6.45) is 0. The van der Waals surface area contributed by atoms with Crippen LogP contribution in [0, 0.1) is 0 Å². The number of halogens is 2. The molecule has 6 heteroatoms. The van der Waals surface area contributed by atoms with Crippen LogP contribution in [0.2, 0.25) is 10.0 Å². The zero-order valence-electron chi connectivity index (χ0n) is 11.4. The van der Waals surface area contributed by atoms with E-state index in [0.29, 0.717) is 28.1 Å². The number of ether oxygens (including phenoxy) is 2. The standard InChI is InChI=1S/C15H15Cl2NO2S/c1-19-13-9-10(18)5-6-14(13)21-8-7-20-15-11(16)3-2-4-12(15)17/h2-6,9H,7-8,18H2,1H3. The smallest absolute Gasteiger partial charge is 0.156 e. The molecule has 0 fully saturated rings. The lowest BCUT2D eigenvalue weighted by Gasteiger charge is -2.11. The predicted molar refractivity (Wildman–Crippen MR) is 90.1 cm³/mol. The van der Waals surface area contributed by atoms with Crippen molar-refractivity contribution in [2.24, 2.45) is 0 Å². The Kier molecular flexibility index (Phi) is 5.91. The van der Waals surface area contributed by atoms with Gasteiger partial charge in [-0.2, -0.15) is 0 Å². The van der Waals surface area contributed by atoms with Crippen molar-refractivity contribution < 1.29 is 9.47 Å². The van der Waals surface area contributed by atoms with Gasteiger partial charge in [0.25, 0.3) is 0 Å². The normalized spacial score (nSPS) is 10.4. The molecule has 112 valence electrons. The average molecular weight is 344 g/mol. The first kappa shape index (κ1) is 16.1. The number of nitrogens with two attached hydrogens (primary N) is 1. The Bertz CT molecular complexity index is 602. The molecule has 0 heterocycles. The molecule has 0 atom stereocenters. The molecule has 0 aliphatic heterocycles. The van der Waals surface area contributed by atoms with Gasteiger partial charge in [-0.15, -0.1) is 11.8 Å². The van der Waals surface area contributed by atoms with Crippen molar-refractivity contribution in [2.45, 2.75) is 4.90 Å². The van der Waals surface area contributed by atoms with E-state index < -0.39 is 0 Å². The summed E-state index contributed by atoms with van der Waals surface area (Å²) in [6, 6.07) is 10.9. The van der Waals surface area contributed by atoms with Crippen molar-refractivity contribution >= 4 is 40.7 Å². The largest absolute Gasteiger partial charge is 0.496 e. The van der Waals surface area contributed by atoms with Gasteiger partial charge in [-0.25, -0.2) is 0 Å². The zero-order chi connectivity index (χ0) is 15.2. The lowest BCUT2D eigenvalue weighted by Crippen LogP contribution is -2.01. The van der Waals surface area contributed by atoms with Crippen LogP contribution in [0.1, 0.15) is 0 Å². The Morgan fingerprint density at radius 3 is 2.52 bits per heavy atom. The molecule has 3 nitrogen and oxygen atoms in total. The predicted octanol–water partition coefficient (Wildman–Crippen LogP) is 4.76. The highest BCUT2D eigenvalue weighted by Gasteiger charge is 2.07. The van der Waals surface area contributed by atoms with Crippen LogP contribution in [0.25, 0.3) is 0 Å². The van der Waals surface area contributed by atoms with E-state index >= 15 is 0 Å². The Morgan fingerprint density at radius 2 is 1.86 bits per heavy atom. The molecule has 0 aliphatic rings. The SMILES string of the molecule is COc1cc(N)ccc1SCCOc1c(Cl)cccc1Cl. The second-order valence-electron chi connectivity index (χ2n) is 4.16. The molecule has 0 saturated heterocycles. The average Bonchev–Trinajstić information content (AvgIpc) is 2.47. The van der Waals surface area contributed by atoms with E-state index in [1.165, 1.54) is 0 Å². The lowest BCUT2D eigenvalue weighted by atomic mass is 10.3. The fourth-order valence-corrected chi connectivity index (χ4v) is 3.06. The third-order valence-corrected chi connectivity index (χ3v) is 4.31. The summed E-state index contributed by atoms with van der Waals surface area (Å²) < 4.78 is 10.9. The van der Waals surface area contributed by atoms with Gasteiger partial charge in [0.05, 0.1) is 23.8 Å². The van der Waals surface area contributed by atoms with Crippen molar-refractivity contribution in [1.29, 1.82) is 0 Å². The number of anilines is 1. The van der Waals surface area contributed by atoms with E-state index in [0.717, 1.165) is 16.4 Å². The van der Waals surface area contributed by atoms with Crippen LogP contribution in [-0.2, 0) is 0 Å². The van der Waals surface area contributed by atoms with Crippen molar-refractivity contribution in [3.63, 3.8) is 0 Å². The van der Waals surface area contributed by atoms with E-state index in [4.69, 9.17) is 38.4 Å². The maximum Gasteiger partial charge on any atom is 0.156 e. The van der Waals surface area contributed by atoms with Crippen LogP contribution in [0.15, 0.2) is 41.3 Å². The zero-order valence-corrected chi connectivity index (χ0v) is 13.8. The van der Waals surface area contributed by atoms with Crippen molar-refractivity contribution in [3.8, 4) is 11.5 Å². The Morgan fingerprint density at radius 1 is 1.14 bits per heavy atom. The second kappa shape index (κ2) is 7.69. The molecule has 21 heavy (non-hydrogen) atoms. The lowest BCUT2D eigenvalue weighted by molar-refractivity contribution is 0.344. The molecule has 0 unspecified atom stereocenters. The number of methoxy groups -OCH3 is 1. The summed E-state index contributed by atoms with van der Waals surface area (Å²) in [5, 5.41) is 1.02. The molecule has 2 N–H and O–H groups in total. The maximum absolute atomic E-state index is 6.04. The molecular formula is C15H15Cl2NO2S. The number of rotatable bonds is 6. The molecule has 2 rings (SSSR count). The third-order valence-electron chi connectivity index (χ3n) is 2.69. The minimum Gasteiger partial charge on any atom is -0.496 e. The van der Waals surface area contributed by atoms with Crippen molar-refractivity contribution in [3.05, 3.63) is 46.4 Å². The van der Waals surface area contributed by atoms with Gasteiger partial charge in [-0.1, -0.05) is 29.3 Å². The van der Waals surface area contributed by atoms with Gasteiger partial charge >= 0.3 is 0 Å². The van der Waals surface area contributed by atoms with Crippen LogP contribution in [-0.4, -0.2) is 19.5 Å². The quantitative estimate of drug-likeness (QED) is 0.466. The van der Waals surface area contributed by atoms with Crippen LogP contribution in [0.3, 0.4) is 0 Å². The minimum atomic E-state index is 0.488. The van der Waals surface area contributed by atoms with Gasteiger partial charge in [0.15, 0.2) is 5.75 Å². The Labute approximate surface area is 138 Å². The highest BCUT2D eigenvalue weighted by atomic mass is 35.5. The van der Waals surface area contributed by atoms with Crippen LogP contribution in [0.5, 0.6) is 11.5 Å². The summed E-state index contributed by atoms with van der Waals surface area (Å²) in [6.45, 7) is 0.488. The summed E-state index contributed by atoms with van der Waals surface area (Å²) in [5.41, 5.74) is 6.40. The monoisotopic (exact) mass is 343 g/mol. The van der Waals surface area contributed by atoms with Gasteiger partial charge in [-0.05, 0) is 24.3 Å². The van der Waals surface area contributed by atoms with Crippen LogP contribution >= 0.6 is 35.0 Å². The molecule has 0 amide bonds. The maximum atomic E-state index is 6.04. The van der Waals surface area contributed by atoms with E-state index in [9.17, 15) is 0 Å². The fourth-order valence-electron chi connectivity index (χ4n) is 1.72. The first-order chi connectivity index (χ1) is 10.1. The second-order valence-corrected chi connectivity index (χ2v) is 6.11. The molecule has 0 aromatic heterocycles. The Hall–Kier alpha value is -1.23. The highest BCUT2D eigenvalue weighted by molar-refractivity contribution is 7.99. The first-order valence-corrected chi connectivity index (χ1v) is 7.99. The van der Waals surface area contributed by atoms with Crippen molar-refractivity contribution in [2.75, 3.05) is 25.2 Å². The van der Waals surface area contributed by atoms with E-state index in [1.54, 1.807) is 43.1 Å².